The molecule has 0 saturated heterocycles. The van der Waals surface area contributed by atoms with E-state index in [2.05, 4.69) is 21.2 Å². The van der Waals surface area contributed by atoms with E-state index < -0.39 is 5.91 Å². The van der Waals surface area contributed by atoms with Crippen LogP contribution in [-0.2, 0) is 11.3 Å². The highest BCUT2D eigenvalue weighted by Crippen LogP contribution is 2.23. The molecule has 108 valence electrons. The average molecular weight is 349 g/mol. The maximum Gasteiger partial charge on any atom is 0.290 e. The van der Waals surface area contributed by atoms with Crippen molar-refractivity contribution in [1.82, 2.24) is 0 Å². The quantitative estimate of drug-likeness (QED) is 0.826. The van der Waals surface area contributed by atoms with Crippen LogP contribution in [-0.4, -0.2) is 11.8 Å². The summed E-state index contributed by atoms with van der Waals surface area (Å²) in [4.78, 5) is 23.1. The number of pyridine rings is 1. The zero-order chi connectivity index (χ0) is 15.4. The van der Waals surface area contributed by atoms with E-state index in [1.165, 1.54) is 0 Å². The highest BCUT2D eigenvalue weighted by Gasteiger charge is 2.13. The number of rotatable bonds is 4. The van der Waals surface area contributed by atoms with Gasteiger partial charge in [0.15, 0.2) is 12.4 Å². The minimum absolute atomic E-state index is 0.0986. The molecule has 0 aliphatic carbocycles. The smallest absolute Gasteiger partial charge is 0.290 e. The fraction of sp³-hybridized carbons (Fsp3) is 0.133. The molecule has 0 aliphatic rings. The lowest BCUT2D eigenvalue weighted by atomic mass is 10.2. The molecule has 0 saturated carbocycles. The van der Waals surface area contributed by atoms with Gasteiger partial charge in [-0.2, -0.15) is 4.57 Å². The minimum atomic E-state index is -0.522. The second-order valence-corrected chi connectivity index (χ2v) is 5.52. The van der Waals surface area contributed by atoms with Crippen LogP contribution in [0.1, 0.15) is 15.9 Å². The molecule has 1 heterocycles. The third-order valence-corrected chi connectivity index (χ3v) is 3.52. The Morgan fingerprint density at radius 1 is 1.33 bits per heavy atom. The van der Waals surface area contributed by atoms with Gasteiger partial charge in [-0.1, -0.05) is 6.07 Å². The number of hydrogen-bond donors (Lipinski definition) is 2. The topological polar surface area (TPSA) is 76.1 Å². The summed E-state index contributed by atoms with van der Waals surface area (Å²) in [5.74, 6) is -0.711. The summed E-state index contributed by atoms with van der Waals surface area (Å²) in [7, 11) is 0. The number of hydrogen-bond acceptors (Lipinski definition) is 2. The van der Waals surface area contributed by atoms with Crippen LogP contribution in [0.25, 0.3) is 0 Å². The van der Waals surface area contributed by atoms with Crippen molar-refractivity contribution in [2.75, 3.05) is 5.32 Å². The first-order valence-electron chi connectivity index (χ1n) is 6.30. The predicted octanol–water partition coefficient (Wildman–Crippen LogP) is 1.78. The molecule has 0 aliphatic heterocycles. The standard InChI is InChI=1S/C15H14BrN3O2/c1-10-4-5-13(12(16)7-10)18-14(20)9-19-6-2-3-11(8-19)15(17)21/h2-8H,9H2,1H3,(H2-,17,18,20,21)/p+1. The number of nitrogens with one attached hydrogen (secondary N) is 1. The van der Waals surface area contributed by atoms with E-state index in [1.807, 2.05) is 25.1 Å². The Bertz CT molecular complexity index is 701. The van der Waals surface area contributed by atoms with Crippen LogP contribution in [0.5, 0.6) is 0 Å². The molecule has 0 radical (unpaired) electrons. The average Bonchev–Trinajstić information content (AvgIpc) is 2.42. The summed E-state index contributed by atoms with van der Waals surface area (Å²) in [6.45, 7) is 2.07. The largest absolute Gasteiger partial charge is 0.365 e. The normalized spacial score (nSPS) is 10.2. The van der Waals surface area contributed by atoms with E-state index >= 15 is 0 Å². The fourth-order valence-electron chi connectivity index (χ4n) is 1.84. The predicted molar refractivity (Wildman–Crippen MR) is 82.7 cm³/mol. The molecule has 3 N–H and O–H groups in total. The second-order valence-electron chi connectivity index (χ2n) is 4.66. The molecule has 0 atom stereocenters. The van der Waals surface area contributed by atoms with Crippen molar-refractivity contribution in [3.8, 4) is 0 Å². The van der Waals surface area contributed by atoms with Gasteiger partial charge in [0, 0.05) is 10.5 Å². The molecule has 2 rings (SSSR count). The molecule has 0 fully saturated rings. The molecule has 5 nitrogen and oxygen atoms in total. The molecule has 0 unspecified atom stereocenters. The van der Waals surface area contributed by atoms with Crippen LogP contribution in [0, 0.1) is 6.92 Å². The van der Waals surface area contributed by atoms with E-state index in [0.717, 1.165) is 10.0 Å². The van der Waals surface area contributed by atoms with Gasteiger partial charge in [-0.25, -0.2) is 0 Å². The zero-order valence-corrected chi connectivity index (χ0v) is 13.1. The highest BCUT2D eigenvalue weighted by atomic mass is 79.9. The van der Waals surface area contributed by atoms with Gasteiger partial charge in [-0.05, 0) is 46.6 Å². The number of halogens is 1. The number of aromatic nitrogens is 1. The van der Waals surface area contributed by atoms with Crippen LogP contribution in [0.3, 0.4) is 0 Å². The zero-order valence-electron chi connectivity index (χ0n) is 11.5. The maximum absolute atomic E-state index is 12.0. The van der Waals surface area contributed by atoms with Crippen LogP contribution in [0.15, 0.2) is 47.2 Å². The summed E-state index contributed by atoms with van der Waals surface area (Å²) in [6, 6.07) is 8.96. The van der Waals surface area contributed by atoms with Crippen molar-refractivity contribution in [1.29, 1.82) is 0 Å². The molecule has 0 spiro atoms. The summed E-state index contributed by atoms with van der Waals surface area (Å²) >= 11 is 3.41. The van der Waals surface area contributed by atoms with Gasteiger partial charge >= 0.3 is 0 Å². The van der Waals surface area contributed by atoms with Crippen molar-refractivity contribution in [2.24, 2.45) is 5.73 Å². The third kappa shape index (κ3) is 4.13. The highest BCUT2D eigenvalue weighted by molar-refractivity contribution is 9.10. The molecule has 21 heavy (non-hydrogen) atoms. The number of carbonyl (C=O) groups excluding carboxylic acids is 2. The first kappa shape index (κ1) is 15.2. The molecule has 2 amide bonds. The van der Waals surface area contributed by atoms with Gasteiger partial charge in [-0.3, -0.25) is 9.59 Å². The van der Waals surface area contributed by atoms with Gasteiger partial charge < -0.3 is 11.1 Å². The number of benzene rings is 1. The number of amides is 2. The Hall–Kier alpha value is -2.21. The first-order chi connectivity index (χ1) is 9.95. The molecule has 1 aromatic carbocycles. The first-order valence-corrected chi connectivity index (χ1v) is 7.10. The van der Waals surface area contributed by atoms with Crippen molar-refractivity contribution in [3.05, 3.63) is 58.3 Å². The monoisotopic (exact) mass is 348 g/mol. The molecule has 0 bridgehead atoms. The Morgan fingerprint density at radius 3 is 2.76 bits per heavy atom. The van der Waals surface area contributed by atoms with Crippen LogP contribution in [0.4, 0.5) is 5.69 Å². The number of nitrogens with two attached hydrogens (primary N) is 1. The number of primary amides is 1. The number of anilines is 1. The van der Waals surface area contributed by atoms with E-state index in [4.69, 9.17) is 5.73 Å². The SMILES string of the molecule is Cc1ccc(NC(=O)C[n+]2cccc(C(N)=O)c2)c(Br)c1. The third-order valence-electron chi connectivity index (χ3n) is 2.87. The van der Waals surface area contributed by atoms with E-state index in [-0.39, 0.29) is 12.5 Å². The number of carbonyl (C=O) groups is 2. The van der Waals surface area contributed by atoms with Crippen molar-refractivity contribution in [3.63, 3.8) is 0 Å². The van der Waals surface area contributed by atoms with Gasteiger partial charge in [0.2, 0.25) is 6.54 Å². The van der Waals surface area contributed by atoms with Crippen molar-refractivity contribution >= 4 is 33.4 Å². The Morgan fingerprint density at radius 2 is 2.10 bits per heavy atom. The lowest BCUT2D eigenvalue weighted by Crippen LogP contribution is -2.40. The lowest BCUT2D eigenvalue weighted by molar-refractivity contribution is -0.684. The molecular formula is C15H15BrN3O2+. The molecular weight excluding hydrogens is 334 g/mol. The van der Waals surface area contributed by atoms with E-state index in [9.17, 15) is 9.59 Å². The van der Waals surface area contributed by atoms with Crippen LogP contribution in [0.2, 0.25) is 0 Å². The van der Waals surface area contributed by atoms with Gasteiger partial charge in [0.05, 0.1) is 5.69 Å². The summed E-state index contributed by atoms with van der Waals surface area (Å²) < 4.78 is 2.43. The number of aryl methyl sites for hydroxylation is 1. The Kier molecular flexibility index (Phi) is 4.70. The summed E-state index contributed by atoms with van der Waals surface area (Å²) in [5, 5.41) is 2.81. The van der Waals surface area contributed by atoms with Crippen molar-refractivity contribution in [2.45, 2.75) is 13.5 Å². The summed E-state index contributed by atoms with van der Waals surface area (Å²) in [5.41, 5.74) is 7.38. The van der Waals surface area contributed by atoms with Gasteiger partial charge in [-0.15, -0.1) is 0 Å². The second kappa shape index (κ2) is 6.49. The minimum Gasteiger partial charge on any atom is -0.365 e. The number of nitrogens with zero attached hydrogens (tertiary/aromatic N) is 1. The Labute approximate surface area is 130 Å². The van der Waals surface area contributed by atoms with Crippen molar-refractivity contribution < 1.29 is 14.2 Å². The summed E-state index contributed by atoms with van der Waals surface area (Å²) in [6.07, 6.45) is 3.25. The van der Waals surface area contributed by atoms with Crippen LogP contribution >= 0.6 is 15.9 Å². The van der Waals surface area contributed by atoms with Crippen LogP contribution < -0.4 is 15.6 Å². The molecule has 2 aromatic rings. The molecule has 6 heteroatoms. The Balaban J connectivity index is 2.08. The van der Waals surface area contributed by atoms with Gasteiger partial charge in [0.1, 0.15) is 5.56 Å². The van der Waals surface area contributed by atoms with E-state index in [0.29, 0.717) is 11.3 Å². The van der Waals surface area contributed by atoms with E-state index in [1.54, 1.807) is 29.1 Å². The maximum atomic E-state index is 12.0. The molecule has 1 aromatic heterocycles. The fourth-order valence-corrected chi connectivity index (χ4v) is 2.44. The lowest BCUT2D eigenvalue weighted by Gasteiger charge is -2.06. The van der Waals surface area contributed by atoms with Gasteiger partial charge in [0.25, 0.3) is 11.8 Å².